The Morgan fingerprint density at radius 2 is 2.06 bits per heavy atom. The Balaban J connectivity index is 1.69. The average Bonchev–Trinajstić information content (AvgIpc) is 3.50. The topological polar surface area (TPSA) is 124 Å². The van der Waals surface area contributed by atoms with Crippen LogP contribution >= 0.6 is 11.3 Å². The van der Waals surface area contributed by atoms with Gasteiger partial charge in [0.15, 0.2) is 6.61 Å². The number of nitro groups is 1. The number of benzene rings is 2. The van der Waals surface area contributed by atoms with Crippen molar-refractivity contribution in [3.8, 4) is 17.0 Å². The van der Waals surface area contributed by atoms with E-state index in [2.05, 4.69) is 10.3 Å². The average molecular weight is 475 g/mol. The first-order valence-electron chi connectivity index (χ1n) is 10.1. The van der Waals surface area contributed by atoms with Crippen molar-refractivity contribution < 1.29 is 18.9 Å². The number of carbonyl (C=O) groups is 1. The zero-order valence-electron chi connectivity index (χ0n) is 17.8. The minimum atomic E-state index is -0.471. The Hall–Kier alpha value is -4.51. The molecule has 1 N–H and O–H groups in total. The molecule has 1 aliphatic heterocycles. The van der Waals surface area contributed by atoms with Gasteiger partial charge >= 0.3 is 0 Å². The van der Waals surface area contributed by atoms with Gasteiger partial charge in [0, 0.05) is 17.0 Å². The number of amides is 1. The number of fused-ring (bicyclic) bond motifs is 1. The standard InChI is InChI=1S/C23H17N5O5S/c1-14(20-7-4-10-32-20)26-27-19(15-8-9-21-17(11-15)24-22(29)12-33-21)13-34-23(27)25-16-5-2-3-6-18(16)28(30)31/h2-11,13H,12H2,1H3,(H,24,29). The Morgan fingerprint density at radius 3 is 2.85 bits per heavy atom. The van der Waals surface area contributed by atoms with Crippen molar-refractivity contribution in [3.63, 3.8) is 0 Å². The maximum Gasteiger partial charge on any atom is 0.294 e. The predicted molar refractivity (Wildman–Crippen MR) is 127 cm³/mol. The Kier molecular flexibility index (Phi) is 5.52. The van der Waals surface area contributed by atoms with Crippen molar-refractivity contribution in [1.82, 2.24) is 4.68 Å². The van der Waals surface area contributed by atoms with E-state index in [1.165, 1.54) is 17.4 Å². The summed E-state index contributed by atoms with van der Waals surface area (Å²) in [7, 11) is 0. The summed E-state index contributed by atoms with van der Waals surface area (Å²) < 4.78 is 12.5. The van der Waals surface area contributed by atoms with Crippen molar-refractivity contribution in [1.29, 1.82) is 0 Å². The lowest BCUT2D eigenvalue weighted by atomic mass is 10.1. The van der Waals surface area contributed by atoms with Crippen LogP contribution in [-0.4, -0.2) is 27.8 Å². The number of hydrogen-bond donors (Lipinski definition) is 1. The molecule has 34 heavy (non-hydrogen) atoms. The third-order valence-electron chi connectivity index (χ3n) is 5.02. The van der Waals surface area contributed by atoms with Gasteiger partial charge < -0.3 is 14.5 Å². The molecular weight excluding hydrogens is 458 g/mol. The molecule has 170 valence electrons. The highest BCUT2D eigenvalue weighted by Gasteiger charge is 2.19. The number of furan rings is 1. The van der Waals surface area contributed by atoms with Gasteiger partial charge in [0.25, 0.3) is 11.6 Å². The van der Waals surface area contributed by atoms with Gasteiger partial charge in [-0.3, -0.25) is 14.9 Å². The molecule has 0 unspecified atom stereocenters. The molecule has 0 fully saturated rings. The van der Waals surface area contributed by atoms with Crippen LogP contribution in [0.4, 0.5) is 17.1 Å². The summed E-state index contributed by atoms with van der Waals surface area (Å²) in [4.78, 5) is 27.7. The maximum atomic E-state index is 11.8. The van der Waals surface area contributed by atoms with E-state index in [-0.39, 0.29) is 23.9 Å². The first-order valence-corrected chi connectivity index (χ1v) is 11.0. The van der Waals surface area contributed by atoms with Crippen LogP contribution in [0.25, 0.3) is 11.3 Å². The fourth-order valence-corrected chi connectivity index (χ4v) is 4.26. The minimum absolute atomic E-state index is 0.0314. The molecule has 0 bridgehead atoms. The summed E-state index contributed by atoms with van der Waals surface area (Å²) in [5.41, 5.74) is 2.67. The van der Waals surface area contributed by atoms with Crippen molar-refractivity contribution in [2.45, 2.75) is 6.92 Å². The molecule has 4 aromatic rings. The molecule has 3 heterocycles. The van der Waals surface area contributed by atoms with Gasteiger partial charge in [-0.15, -0.1) is 11.3 Å². The second-order valence-electron chi connectivity index (χ2n) is 7.28. The monoisotopic (exact) mass is 475 g/mol. The first kappa shape index (κ1) is 21.3. The molecule has 0 aliphatic carbocycles. The van der Waals surface area contributed by atoms with Crippen LogP contribution in [0.3, 0.4) is 0 Å². The molecule has 2 aromatic carbocycles. The van der Waals surface area contributed by atoms with Gasteiger partial charge in [0.1, 0.15) is 22.9 Å². The van der Waals surface area contributed by atoms with Crippen molar-refractivity contribution >= 4 is 40.0 Å². The van der Waals surface area contributed by atoms with Gasteiger partial charge in [0.05, 0.1) is 22.6 Å². The third-order valence-corrected chi connectivity index (χ3v) is 5.83. The molecule has 1 amide bonds. The predicted octanol–water partition coefficient (Wildman–Crippen LogP) is 4.55. The Bertz CT molecular complexity index is 1500. The fraction of sp³-hybridized carbons (Fsp3) is 0.0870. The molecule has 0 saturated heterocycles. The van der Waals surface area contributed by atoms with Crippen LogP contribution in [0, 0.1) is 10.1 Å². The lowest BCUT2D eigenvalue weighted by Gasteiger charge is -2.18. The number of hydrogen-bond acceptors (Lipinski definition) is 8. The number of rotatable bonds is 5. The molecule has 5 rings (SSSR count). The molecule has 10 nitrogen and oxygen atoms in total. The van der Waals surface area contributed by atoms with Crippen LogP contribution in [-0.2, 0) is 4.79 Å². The summed E-state index contributed by atoms with van der Waals surface area (Å²) in [5, 5.41) is 20.8. The minimum Gasteiger partial charge on any atom is -0.482 e. The molecule has 2 aromatic heterocycles. The fourth-order valence-electron chi connectivity index (χ4n) is 3.41. The number of para-hydroxylation sites is 2. The highest BCUT2D eigenvalue weighted by Crippen LogP contribution is 2.33. The van der Waals surface area contributed by atoms with E-state index in [1.807, 2.05) is 11.4 Å². The normalized spacial score (nSPS) is 13.9. The van der Waals surface area contributed by atoms with E-state index in [0.29, 0.717) is 33.4 Å². The van der Waals surface area contributed by atoms with Crippen molar-refractivity contribution in [2.75, 3.05) is 11.9 Å². The summed E-state index contributed by atoms with van der Waals surface area (Å²) >= 11 is 1.28. The number of ether oxygens (including phenoxy) is 1. The van der Waals surface area contributed by atoms with Gasteiger partial charge in [-0.1, -0.05) is 12.1 Å². The number of anilines is 1. The molecule has 1 aliphatic rings. The number of nitrogens with one attached hydrogen (secondary N) is 1. The van der Waals surface area contributed by atoms with E-state index >= 15 is 0 Å². The zero-order chi connectivity index (χ0) is 23.7. The van der Waals surface area contributed by atoms with E-state index < -0.39 is 4.92 Å². The van der Waals surface area contributed by atoms with Gasteiger partial charge in [-0.2, -0.15) is 5.10 Å². The third kappa shape index (κ3) is 4.11. The van der Waals surface area contributed by atoms with E-state index in [9.17, 15) is 14.9 Å². The number of thiazole rings is 1. The first-order chi connectivity index (χ1) is 16.5. The second-order valence-corrected chi connectivity index (χ2v) is 8.12. The maximum absolute atomic E-state index is 11.8. The largest absolute Gasteiger partial charge is 0.482 e. The molecule has 0 radical (unpaired) electrons. The van der Waals surface area contributed by atoms with Crippen LogP contribution in [0.2, 0.25) is 0 Å². The Labute approximate surface area is 196 Å². The van der Waals surface area contributed by atoms with Crippen molar-refractivity contribution in [3.05, 3.63) is 86.9 Å². The number of carbonyl (C=O) groups excluding carboxylic acids is 1. The van der Waals surface area contributed by atoms with E-state index in [1.54, 1.807) is 60.3 Å². The summed E-state index contributed by atoms with van der Waals surface area (Å²) in [6.07, 6.45) is 1.55. The quantitative estimate of drug-likeness (QED) is 0.258. The lowest BCUT2D eigenvalue weighted by Crippen LogP contribution is -2.25. The van der Waals surface area contributed by atoms with Gasteiger partial charge in [-0.25, -0.2) is 9.67 Å². The Morgan fingerprint density at radius 1 is 1.21 bits per heavy atom. The van der Waals surface area contributed by atoms with Crippen LogP contribution < -0.4 is 14.9 Å². The number of nitro benzene ring substituents is 1. The molecule has 0 atom stereocenters. The summed E-state index contributed by atoms with van der Waals surface area (Å²) in [6.45, 7) is 1.76. The van der Waals surface area contributed by atoms with E-state index in [4.69, 9.17) is 14.3 Å². The van der Waals surface area contributed by atoms with Crippen LogP contribution in [0.1, 0.15) is 12.7 Å². The zero-order valence-corrected chi connectivity index (χ0v) is 18.6. The SMILES string of the molecule is CC(=Nn1c(-c2ccc3c(c2)NC(=O)CO3)csc1=Nc1ccccc1[N+](=O)[O-])c1ccco1. The molecule has 11 heteroatoms. The molecule has 0 saturated carbocycles. The van der Waals surface area contributed by atoms with Gasteiger partial charge in [-0.05, 0) is 43.3 Å². The van der Waals surface area contributed by atoms with Crippen molar-refractivity contribution in [2.24, 2.45) is 10.1 Å². The highest BCUT2D eigenvalue weighted by molar-refractivity contribution is 7.07. The number of nitrogens with zero attached hydrogens (tertiary/aromatic N) is 4. The summed E-state index contributed by atoms with van der Waals surface area (Å²) in [5.74, 6) is 0.916. The second kappa shape index (κ2) is 8.79. The van der Waals surface area contributed by atoms with Crippen LogP contribution in [0.15, 0.2) is 80.8 Å². The lowest BCUT2D eigenvalue weighted by molar-refractivity contribution is -0.384. The number of aromatic nitrogens is 1. The highest BCUT2D eigenvalue weighted by atomic mass is 32.1. The van der Waals surface area contributed by atoms with Gasteiger partial charge in [0.2, 0.25) is 4.80 Å². The molecular formula is C23H17N5O5S. The smallest absolute Gasteiger partial charge is 0.294 e. The van der Waals surface area contributed by atoms with E-state index in [0.717, 1.165) is 5.56 Å². The summed E-state index contributed by atoms with van der Waals surface area (Å²) in [6, 6.07) is 15.2. The molecule has 0 spiro atoms. The van der Waals surface area contributed by atoms with Crippen LogP contribution in [0.5, 0.6) is 5.75 Å².